The first-order valence-corrected chi connectivity index (χ1v) is 20.1. The molecule has 0 aromatic heterocycles. The van der Waals surface area contributed by atoms with Crippen LogP contribution in [0.2, 0.25) is 0 Å². The van der Waals surface area contributed by atoms with E-state index in [-0.39, 0.29) is 6.10 Å². The Morgan fingerprint density at radius 1 is 0.565 bits per heavy atom. The van der Waals surface area contributed by atoms with Gasteiger partial charge in [-0.05, 0) is 91.9 Å². The Hall–Kier alpha value is -0.120. The van der Waals surface area contributed by atoms with Gasteiger partial charge in [-0.25, -0.2) is 0 Å². The molecule has 46 heavy (non-hydrogen) atoms. The van der Waals surface area contributed by atoms with Crippen LogP contribution in [-0.2, 0) is 4.74 Å². The Bertz CT molecular complexity index is 481. The number of aliphatic hydroxyl groups excluding tert-OH is 1. The zero-order valence-electron chi connectivity index (χ0n) is 36.4. The molecule has 2 fully saturated rings. The summed E-state index contributed by atoms with van der Waals surface area (Å²) >= 11 is 0. The summed E-state index contributed by atoms with van der Waals surface area (Å²) in [7, 11) is 0. The SMILES string of the molecule is CC(C)C(C)C.CC(C)C(C)C.CC(C)C1CCCN1.CC(C)C1CCCO1.CCC(C)C.CCC(O)C(C)C.CCCC(C)C. The average molecular weight is 660 g/mol. The zero-order chi connectivity index (χ0) is 37.4. The van der Waals surface area contributed by atoms with Gasteiger partial charge in [-0.1, -0.05) is 165 Å². The summed E-state index contributed by atoms with van der Waals surface area (Å²) in [5, 5.41) is 12.4. The lowest BCUT2D eigenvalue weighted by Crippen LogP contribution is -2.26. The predicted octanol–water partition coefficient (Wildman–Crippen LogP) is 13.7. The largest absolute Gasteiger partial charge is 0.393 e. The Morgan fingerprint density at radius 3 is 1.09 bits per heavy atom. The van der Waals surface area contributed by atoms with E-state index in [2.05, 4.69) is 130 Å². The maximum absolute atomic E-state index is 8.94. The third-order valence-corrected chi connectivity index (χ3v) is 9.15. The molecule has 3 nitrogen and oxygen atoms in total. The van der Waals surface area contributed by atoms with Gasteiger partial charge in [-0.2, -0.15) is 0 Å². The predicted molar refractivity (Wildman–Crippen MR) is 215 cm³/mol. The molecule has 0 amide bonds. The fraction of sp³-hybridized carbons (Fsp3) is 1.00. The fourth-order valence-corrected chi connectivity index (χ4v) is 3.46. The van der Waals surface area contributed by atoms with Crippen LogP contribution in [-0.4, -0.2) is 36.5 Å². The molecule has 2 N–H and O–H groups in total. The molecule has 2 rings (SSSR count). The van der Waals surface area contributed by atoms with E-state index in [0.717, 1.165) is 66.4 Å². The minimum atomic E-state index is -0.0972. The zero-order valence-corrected chi connectivity index (χ0v) is 36.4. The van der Waals surface area contributed by atoms with Crippen molar-refractivity contribution in [2.24, 2.45) is 53.3 Å². The maximum Gasteiger partial charge on any atom is 0.0598 e. The topological polar surface area (TPSA) is 41.5 Å². The molecule has 0 saturated carbocycles. The summed E-state index contributed by atoms with van der Waals surface area (Å²) in [6.45, 7) is 48.6. The van der Waals surface area contributed by atoms with Crippen LogP contribution in [0.3, 0.4) is 0 Å². The first-order chi connectivity index (χ1) is 21.1. The van der Waals surface area contributed by atoms with Crippen molar-refractivity contribution in [1.82, 2.24) is 5.32 Å². The van der Waals surface area contributed by atoms with Crippen molar-refractivity contribution in [2.45, 2.75) is 215 Å². The smallest absolute Gasteiger partial charge is 0.0598 e. The number of ether oxygens (including phenoxy) is 1. The summed E-state index contributed by atoms with van der Waals surface area (Å²) in [4.78, 5) is 0. The van der Waals surface area contributed by atoms with Gasteiger partial charge in [0, 0.05) is 12.6 Å². The molecule has 286 valence electrons. The Kier molecular flexibility index (Phi) is 45.3. The summed E-state index contributed by atoms with van der Waals surface area (Å²) in [6.07, 6.45) is 10.7. The highest BCUT2D eigenvalue weighted by atomic mass is 16.5. The first-order valence-electron chi connectivity index (χ1n) is 20.1. The molecule has 3 atom stereocenters. The molecule has 2 saturated heterocycles. The van der Waals surface area contributed by atoms with E-state index in [1.54, 1.807) is 0 Å². The van der Waals surface area contributed by atoms with Crippen LogP contribution in [0.5, 0.6) is 0 Å². The molecule has 0 aromatic rings. The van der Waals surface area contributed by atoms with E-state index in [9.17, 15) is 0 Å². The van der Waals surface area contributed by atoms with Gasteiger partial charge >= 0.3 is 0 Å². The quantitative estimate of drug-likeness (QED) is 0.259. The normalized spacial score (nSPS) is 17.8. The number of rotatable bonds is 9. The van der Waals surface area contributed by atoms with Crippen LogP contribution in [0.4, 0.5) is 0 Å². The second-order valence-electron chi connectivity index (χ2n) is 16.9. The Balaban J connectivity index is -0.000000143. The molecule has 2 heterocycles. The summed E-state index contributed by atoms with van der Waals surface area (Å²) in [5.74, 6) is 7.16. The maximum atomic E-state index is 8.94. The van der Waals surface area contributed by atoms with Crippen LogP contribution in [0.25, 0.3) is 0 Å². The van der Waals surface area contributed by atoms with E-state index in [4.69, 9.17) is 9.84 Å². The molecule has 0 bridgehead atoms. The van der Waals surface area contributed by atoms with Crippen LogP contribution in [0, 0.1) is 53.3 Å². The van der Waals surface area contributed by atoms with E-state index in [1.807, 2.05) is 20.8 Å². The average Bonchev–Trinajstić information content (AvgIpc) is 3.70. The van der Waals surface area contributed by atoms with Gasteiger partial charge in [-0.15, -0.1) is 0 Å². The van der Waals surface area contributed by atoms with Crippen molar-refractivity contribution >= 4 is 0 Å². The number of hydrogen-bond donors (Lipinski definition) is 2. The van der Waals surface area contributed by atoms with Gasteiger partial charge in [0.25, 0.3) is 0 Å². The molecule has 2 aliphatic heterocycles. The van der Waals surface area contributed by atoms with E-state index in [0.29, 0.717) is 12.0 Å². The Labute approximate surface area is 296 Å². The second kappa shape index (κ2) is 37.7. The fourth-order valence-electron chi connectivity index (χ4n) is 3.46. The van der Waals surface area contributed by atoms with Crippen LogP contribution in [0.1, 0.15) is 197 Å². The molecule has 2 aliphatic rings. The highest BCUT2D eigenvalue weighted by molar-refractivity contribution is 4.76. The van der Waals surface area contributed by atoms with Crippen LogP contribution in [0.15, 0.2) is 0 Å². The van der Waals surface area contributed by atoms with E-state index < -0.39 is 0 Å². The van der Waals surface area contributed by atoms with Crippen molar-refractivity contribution in [3.8, 4) is 0 Å². The third-order valence-electron chi connectivity index (χ3n) is 9.15. The van der Waals surface area contributed by atoms with Gasteiger partial charge in [0.15, 0.2) is 0 Å². The Morgan fingerprint density at radius 2 is 1.00 bits per heavy atom. The van der Waals surface area contributed by atoms with Crippen molar-refractivity contribution in [3.63, 3.8) is 0 Å². The molecule has 3 unspecified atom stereocenters. The number of hydrogen-bond acceptors (Lipinski definition) is 3. The minimum absolute atomic E-state index is 0.0972. The second-order valence-corrected chi connectivity index (χ2v) is 16.9. The minimum Gasteiger partial charge on any atom is -0.393 e. The van der Waals surface area contributed by atoms with Gasteiger partial charge < -0.3 is 15.2 Å². The van der Waals surface area contributed by atoms with Gasteiger partial charge in [0.05, 0.1) is 12.2 Å². The summed E-state index contributed by atoms with van der Waals surface area (Å²) in [5.41, 5.74) is 0. The monoisotopic (exact) mass is 660 g/mol. The van der Waals surface area contributed by atoms with Crippen molar-refractivity contribution in [2.75, 3.05) is 13.2 Å². The lowest BCUT2D eigenvalue weighted by atomic mass is 10.0. The van der Waals surface area contributed by atoms with Crippen molar-refractivity contribution in [3.05, 3.63) is 0 Å². The summed E-state index contributed by atoms with van der Waals surface area (Å²) < 4.78 is 5.41. The molecule has 0 aliphatic carbocycles. The summed E-state index contributed by atoms with van der Waals surface area (Å²) in [6, 6.07) is 0.815. The molecule has 3 heteroatoms. The molecule has 0 radical (unpaired) electrons. The third kappa shape index (κ3) is 48.3. The van der Waals surface area contributed by atoms with Gasteiger partial charge in [-0.3, -0.25) is 0 Å². The molecule has 0 aromatic carbocycles. The number of aliphatic hydroxyl groups is 1. The van der Waals surface area contributed by atoms with Crippen LogP contribution >= 0.6 is 0 Å². The lowest BCUT2D eigenvalue weighted by Gasteiger charge is -2.12. The highest BCUT2D eigenvalue weighted by Crippen LogP contribution is 2.19. The lowest BCUT2D eigenvalue weighted by molar-refractivity contribution is 0.0758. The standard InChI is InChI=1S/C7H15N.C7H14O.C6H14O.3C6H14.C5H12/c2*1-6(2)7-4-3-5-8-7;1-4-6(7)5(2)3;2*1-5(2)6(3)4;1-4-5-6(2)3;1-4-5(2)3/h6-8H,3-5H2,1-2H3;6-7H,3-5H2,1-2H3;5-7H,4H2,1-3H3;2*5-6H,1-4H3;6H,4-5H2,1-3H3;5H,4H2,1-3H3. The van der Waals surface area contributed by atoms with E-state index >= 15 is 0 Å². The molecular weight excluding hydrogens is 562 g/mol. The van der Waals surface area contributed by atoms with Crippen LogP contribution < -0.4 is 5.32 Å². The first kappa shape index (κ1) is 55.3. The molecular formula is C43H97NO2. The van der Waals surface area contributed by atoms with E-state index in [1.165, 1.54) is 51.5 Å². The van der Waals surface area contributed by atoms with Gasteiger partial charge in [0.1, 0.15) is 0 Å². The van der Waals surface area contributed by atoms with Crippen molar-refractivity contribution < 1.29 is 9.84 Å². The van der Waals surface area contributed by atoms with Crippen molar-refractivity contribution in [1.29, 1.82) is 0 Å². The van der Waals surface area contributed by atoms with Gasteiger partial charge in [0.2, 0.25) is 0 Å². The number of nitrogens with one attached hydrogen (secondary N) is 1. The highest BCUT2D eigenvalue weighted by Gasteiger charge is 2.18. The molecule has 0 spiro atoms.